The standard InChI is InChI=1S/C14H23N3O2/c1-4-7-17(8-9-18)14(19)16-12(3)13-6-5-11(2)15-10-13/h5-6,10,12,18H,4,7-9H2,1-3H3,(H,16,19). The monoisotopic (exact) mass is 265 g/mol. The molecule has 0 radical (unpaired) electrons. The van der Waals surface area contributed by atoms with Crippen molar-refractivity contribution in [2.75, 3.05) is 19.7 Å². The fourth-order valence-electron chi connectivity index (χ4n) is 1.80. The fraction of sp³-hybridized carbons (Fsp3) is 0.571. The number of amides is 2. The number of nitrogens with zero attached hydrogens (tertiary/aromatic N) is 2. The smallest absolute Gasteiger partial charge is 0.317 e. The van der Waals surface area contributed by atoms with Gasteiger partial charge in [0.2, 0.25) is 0 Å². The molecule has 0 saturated heterocycles. The van der Waals surface area contributed by atoms with Gasteiger partial charge in [0.15, 0.2) is 0 Å². The van der Waals surface area contributed by atoms with Crippen molar-refractivity contribution >= 4 is 6.03 Å². The minimum absolute atomic E-state index is 0.0200. The second kappa shape index (κ2) is 7.74. The van der Waals surface area contributed by atoms with Gasteiger partial charge in [-0.15, -0.1) is 0 Å². The van der Waals surface area contributed by atoms with Crippen LogP contribution in [0, 0.1) is 6.92 Å². The first-order valence-electron chi connectivity index (χ1n) is 6.67. The predicted molar refractivity (Wildman–Crippen MR) is 74.9 cm³/mol. The molecule has 1 unspecified atom stereocenters. The van der Waals surface area contributed by atoms with Gasteiger partial charge in [0.1, 0.15) is 0 Å². The largest absolute Gasteiger partial charge is 0.395 e. The van der Waals surface area contributed by atoms with Crippen LogP contribution in [0.3, 0.4) is 0 Å². The fourth-order valence-corrected chi connectivity index (χ4v) is 1.80. The molecule has 0 saturated carbocycles. The Hall–Kier alpha value is -1.62. The van der Waals surface area contributed by atoms with Gasteiger partial charge in [-0.1, -0.05) is 13.0 Å². The molecule has 0 fully saturated rings. The number of rotatable bonds is 6. The average molecular weight is 265 g/mol. The Morgan fingerprint density at radius 2 is 2.21 bits per heavy atom. The van der Waals surface area contributed by atoms with E-state index in [2.05, 4.69) is 10.3 Å². The third-order valence-electron chi connectivity index (χ3n) is 2.92. The zero-order valence-corrected chi connectivity index (χ0v) is 11.9. The topological polar surface area (TPSA) is 65.5 Å². The summed E-state index contributed by atoms with van der Waals surface area (Å²) in [5.41, 5.74) is 1.93. The maximum Gasteiger partial charge on any atom is 0.317 e. The summed E-state index contributed by atoms with van der Waals surface area (Å²) in [5.74, 6) is 0. The summed E-state index contributed by atoms with van der Waals surface area (Å²) in [7, 11) is 0. The Balaban J connectivity index is 2.61. The van der Waals surface area contributed by atoms with Crippen molar-refractivity contribution in [1.29, 1.82) is 0 Å². The second-order valence-corrected chi connectivity index (χ2v) is 4.61. The van der Waals surface area contributed by atoms with Crippen LogP contribution in [0.25, 0.3) is 0 Å². The maximum absolute atomic E-state index is 12.1. The minimum atomic E-state index is -0.149. The number of carbonyl (C=O) groups excluding carboxylic acids is 1. The molecule has 106 valence electrons. The van der Waals surface area contributed by atoms with Gasteiger partial charge in [-0.2, -0.15) is 0 Å². The molecule has 5 nitrogen and oxygen atoms in total. The number of hydrogen-bond donors (Lipinski definition) is 2. The van der Waals surface area contributed by atoms with Gasteiger partial charge in [-0.25, -0.2) is 4.79 Å². The van der Waals surface area contributed by atoms with Crippen molar-refractivity contribution in [2.45, 2.75) is 33.2 Å². The zero-order valence-electron chi connectivity index (χ0n) is 11.9. The quantitative estimate of drug-likeness (QED) is 0.825. The lowest BCUT2D eigenvalue weighted by molar-refractivity contribution is 0.174. The molecule has 1 aromatic rings. The summed E-state index contributed by atoms with van der Waals surface area (Å²) in [6.07, 6.45) is 2.64. The van der Waals surface area contributed by atoms with E-state index < -0.39 is 0 Å². The molecule has 0 spiro atoms. The van der Waals surface area contributed by atoms with Crippen LogP contribution in [0.2, 0.25) is 0 Å². The summed E-state index contributed by atoms with van der Waals surface area (Å²) >= 11 is 0. The molecule has 0 aliphatic carbocycles. The van der Waals surface area contributed by atoms with Gasteiger partial charge >= 0.3 is 6.03 Å². The van der Waals surface area contributed by atoms with Gasteiger partial charge in [-0.05, 0) is 31.9 Å². The Bertz CT molecular complexity index is 386. The van der Waals surface area contributed by atoms with E-state index in [0.29, 0.717) is 13.1 Å². The van der Waals surface area contributed by atoms with Gasteiger partial charge in [-0.3, -0.25) is 4.98 Å². The van der Waals surface area contributed by atoms with E-state index >= 15 is 0 Å². The van der Waals surface area contributed by atoms with Crippen molar-refractivity contribution in [3.05, 3.63) is 29.6 Å². The molecule has 0 bridgehead atoms. The molecule has 0 aliphatic rings. The first kappa shape index (κ1) is 15.4. The number of aromatic nitrogens is 1. The lowest BCUT2D eigenvalue weighted by atomic mass is 10.1. The first-order valence-corrected chi connectivity index (χ1v) is 6.67. The Morgan fingerprint density at radius 1 is 1.47 bits per heavy atom. The van der Waals surface area contributed by atoms with Crippen LogP contribution in [0.1, 0.15) is 37.6 Å². The summed E-state index contributed by atoms with van der Waals surface area (Å²) in [5, 5.41) is 11.9. The Morgan fingerprint density at radius 3 is 2.74 bits per heavy atom. The maximum atomic E-state index is 12.1. The molecule has 1 atom stereocenters. The highest BCUT2D eigenvalue weighted by Gasteiger charge is 2.15. The Labute approximate surface area is 114 Å². The summed E-state index contributed by atoms with van der Waals surface area (Å²) in [6.45, 7) is 6.84. The molecule has 0 aromatic carbocycles. The lowest BCUT2D eigenvalue weighted by Crippen LogP contribution is -2.42. The molecule has 5 heteroatoms. The summed E-state index contributed by atoms with van der Waals surface area (Å²) < 4.78 is 0. The van der Waals surface area contributed by atoms with Crippen LogP contribution < -0.4 is 5.32 Å². The number of nitrogens with one attached hydrogen (secondary N) is 1. The zero-order chi connectivity index (χ0) is 14.3. The highest BCUT2D eigenvalue weighted by Crippen LogP contribution is 2.11. The van der Waals surface area contributed by atoms with E-state index in [1.54, 1.807) is 11.1 Å². The van der Waals surface area contributed by atoms with Crippen LogP contribution in [0.4, 0.5) is 4.79 Å². The van der Waals surface area contributed by atoms with Crippen molar-refractivity contribution < 1.29 is 9.90 Å². The SMILES string of the molecule is CCCN(CCO)C(=O)NC(C)c1ccc(C)nc1. The van der Waals surface area contributed by atoms with Gasteiger partial charge < -0.3 is 15.3 Å². The molecule has 1 heterocycles. The van der Waals surface area contributed by atoms with Gasteiger partial charge in [0, 0.05) is 25.0 Å². The van der Waals surface area contributed by atoms with Crippen LogP contribution in [-0.4, -0.2) is 40.7 Å². The van der Waals surface area contributed by atoms with Gasteiger partial charge in [0.25, 0.3) is 0 Å². The van der Waals surface area contributed by atoms with Crippen molar-refractivity contribution in [3.8, 4) is 0 Å². The predicted octanol–water partition coefficient (Wildman–Crippen LogP) is 1.86. The van der Waals surface area contributed by atoms with E-state index in [0.717, 1.165) is 17.7 Å². The summed E-state index contributed by atoms with van der Waals surface area (Å²) in [6, 6.07) is 3.64. The summed E-state index contributed by atoms with van der Waals surface area (Å²) in [4.78, 5) is 17.9. The molecular weight excluding hydrogens is 242 g/mol. The van der Waals surface area contributed by atoms with E-state index in [1.807, 2.05) is 32.9 Å². The number of pyridine rings is 1. The number of aryl methyl sites for hydroxylation is 1. The third-order valence-corrected chi connectivity index (χ3v) is 2.92. The number of carbonyl (C=O) groups is 1. The number of hydrogen-bond acceptors (Lipinski definition) is 3. The van der Waals surface area contributed by atoms with E-state index in [4.69, 9.17) is 5.11 Å². The van der Waals surface area contributed by atoms with E-state index in [-0.39, 0.29) is 18.7 Å². The van der Waals surface area contributed by atoms with Crippen molar-refractivity contribution in [3.63, 3.8) is 0 Å². The van der Waals surface area contributed by atoms with Gasteiger partial charge in [0.05, 0.1) is 12.6 Å². The van der Waals surface area contributed by atoms with E-state index in [9.17, 15) is 4.79 Å². The van der Waals surface area contributed by atoms with Crippen LogP contribution in [0.15, 0.2) is 18.3 Å². The van der Waals surface area contributed by atoms with Crippen molar-refractivity contribution in [1.82, 2.24) is 15.2 Å². The number of urea groups is 1. The second-order valence-electron chi connectivity index (χ2n) is 4.61. The normalized spacial score (nSPS) is 12.0. The van der Waals surface area contributed by atoms with Crippen molar-refractivity contribution in [2.24, 2.45) is 0 Å². The number of aliphatic hydroxyl groups excluding tert-OH is 1. The minimum Gasteiger partial charge on any atom is -0.395 e. The van der Waals surface area contributed by atoms with E-state index in [1.165, 1.54) is 0 Å². The Kier molecular flexibility index (Phi) is 6.29. The number of aliphatic hydroxyl groups is 1. The molecule has 19 heavy (non-hydrogen) atoms. The molecule has 2 amide bonds. The highest BCUT2D eigenvalue weighted by atomic mass is 16.3. The molecule has 0 aliphatic heterocycles. The van der Waals surface area contributed by atoms with Crippen LogP contribution in [0.5, 0.6) is 0 Å². The molecule has 2 N–H and O–H groups in total. The van der Waals surface area contributed by atoms with Crippen LogP contribution in [-0.2, 0) is 0 Å². The molecular formula is C14H23N3O2. The van der Waals surface area contributed by atoms with Crippen LogP contribution >= 0.6 is 0 Å². The molecule has 1 aromatic heterocycles. The highest BCUT2D eigenvalue weighted by molar-refractivity contribution is 5.74. The lowest BCUT2D eigenvalue weighted by Gasteiger charge is -2.24. The average Bonchev–Trinajstić information content (AvgIpc) is 2.39. The molecule has 1 rings (SSSR count). The third kappa shape index (κ3) is 4.87. The first-order chi connectivity index (χ1) is 9.08.